The summed E-state index contributed by atoms with van der Waals surface area (Å²) in [5.41, 5.74) is 6.14. The monoisotopic (exact) mass is 252 g/mol. The van der Waals surface area contributed by atoms with Crippen molar-refractivity contribution in [2.75, 3.05) is 12.3 Å². The number of hydrogen-bond donors (Lipinski definition) is 2. The smallest absolute Gasteiger partial charge is 0.253 e. The van der Waals surface area contributed by atoms with Gasteiger partial charge < -0.3 is 11.1 Å². The fraction of sp³-hybridized carbons (Fsp3) is 0.500. The zero-order valence-electron chi connectivity index (χ0n) is 11.0. The number of carbonyl (C=O) groups excluding carboxylic acids is 1. The van der Waals surface area contributed by atoms with Crippen molar-refractivity contribution in [1.82, 2.24) is 5.32 Å². The lowest BCUT2D eigenvalue weighted by molar-refractivity contribution is 0.0953. The highest BCUT2D eigenvalue weighted by Gasteiger charge is 2.09. The predicted octanol–water partition coefficient (Wildman–Crippen LogP) is 2.96. The summed E-state index contributed by atoms with van der Waals surface area (Å²) in [5, 5.41) is 2.76. The standard InChI is InChI=1S/C14H21FN2O/c1-10(2)5-3-4-8-17-14(18)12-9-11(15)6-7-13(12)16/h6-7,9-10H,3-5,8,16H2,1-2H3,(H,17,18). The highest BCUT2D eigenvalue weighted by Crippen LogP contribution is 2.13. The van der Waals surface area contributed by atoms with Crippen molar-refractivity contribution >= 4 is 11.6 Å². The first-order valence-electron chi connectivity index (χ1n) is 6.34. The maximum Gasteiger partial charge on any atom is 0.253 e. The molecule has 18 heavy (non-hydrogen) atoms. The summed E-state index contributed by atoms with van der Waals surface area (Å²) in [6, 6.07) is 3.82. The molecular formula is C14H21FN2O. The van der Waals surface area contributed by atoms with E-state index in [1.165, 1.54) is 18.2 Å². The number of unbranched alkanes of at least 4 members (excludes halogenated alkanes) is 1. The van der Waals surface area contributed by atoms with Gasteiger partial charge in [0.05, 0.1) is 5.56 Å². The van der Waals surface area contributed by atoms with E-state index in [-0.39, 0.29) is 11.5 Å². The van der Waals surface area contributed by atoms with Gasteiger partial charge in [-0.3, -0.25) is 4.79 Å². The number of halogens is 1. The lowest BCUT2D eigenvalue weighted by Crippen LogP contribution is -2.25. The second-order valence-corrected chi connectivity index (χ2v) is 4.88. The highest BCUT2D eigenvalue weighted by molar-refractivity contribution is 5.99. The first kappa shape index (κ1) is 14.5. The van der Waals surface area contributed by atoms with Gasteiger partial charge in [0.2, 0.25) is 0 Å². The Kier molecular flexibility index (Phi) is 5.62. The van der Waals surface area contributed by atoms with E-state index in [2.05, 4.69) is 19.2 Å². The molecule has 0 aliphatic carbocycles. The molecule has 0 spiro atoms. The number of rotatable bonds is 6. The van der Waals surface area contributed by atoms with Crippen molar-refractivity contribution in [1.29, 1.82) is 0 Å². The minimum Gasteiger partial charge on any atom is -0.398 e. The Hall–Kier alpha value is -1.58. The van der Waals surface area contributed by atoms with E-state index >= 15 is 0 Å². The van der Waals surface area contributed by atoms with Crippen LogP contribution in [-0.4, -0.2) is 12.5 Å². The molecule has 0 bridgehead atoms. The molecule has 4 heteroatoms. The second-order valence-electron chi connectivity index (χ2n) is 4.88. The third kappa shape index (κ3) is 4.73. The van der Waals surface area contributed by atoms with Crippen LogP contribution in [0.4, 0.5) is 10.1 Å². The Morgan fingerprint density at radius 3 is 2.78 bits per heavy atom. The summed E-state index contributed by atoms with van der Waals surface area (Å²) in [4.78, 5) is 11.8. The maximum absolute atomic E-state index is 13.0. The van der Waals surface area contributed by atoms with Crippen molar-refractivity contribution in [2.45, 2.75) is 33.1 Å². The van der Waals surface area contributed by atoms with E-state index in [1.807, 2.05) is 0 Å². The minimum absolute atomic E-state index is 0.207. The van der Waals surface area contributed by atoms with Gasteiger partial charge in [0.25, 0.3) is 5.91 Å². The Balaban J connectivity index is 2.39. The molecule has 0 aliphatic rings. The van der Waals surface area contributed by atoms with Gasteiger partial charge >= 0.3 is 0 Å². The quantitative estimate of drug-likeness (QED) is 0.604. The minimum atomic E-state index is -0.450. The number of hydrogen-bond acceptors (Lipinski definition) is 2. The second kappa shape index (κ2) is 6.99. The van der Waals surface area contributed by atoms with Crippen LogP contribution >= 0.6 is 0 Å². The topological polar surface area (TPSA) is 55.1 Å². The van der Waals surface area contributed by atoms with Crippen LogP contribution in [0, 0.1) is 11.7 Å². The van der Waals surface area contributed by atoms with Crippen molar-refractivity contribution < 1.29 is 9.18 Å². The lowest BCUT2D eigenvalue weighted by atomic mass is 10.1. The predicted molar refractivity (Wildman–Crippen MR) is 71.8 cm³/mol. The summed E-state index contributed by atoms with van der Waals surface area (Å²) >= 11 is 0. The van der Waals surface area contributed by atoms with E-state index in [1.54, 1.807) is 0 Å². The van der Waals surface area contributed by atoms with Crippen molar-refractivity contribution in [2.24, 2.45) is 5.92 Å². The van der Waals surface area contributed by atoms with E-state index in [0.29, 0.717) is 18.2 Å². The molecule has 3 N–H and O–H groups in total. The molecule has 0 heterocycles. The molecule has 0 saturated carbocycles. The summed E-state index contributed by atoms with van der Waals surface area (Å²) in [6.45, 7) is 4.94. The van der Waals surface area contributed by atoms with Crippen LogP contribution in [0.15, 0.2) is 18.2 Å². The molecule has 100 valence electrons. The van der Waals surface area contributed by atoms with Gasteiger partial charge in [-0.05, 0) is 30.5 Å². The molecule has 1 aromatic carbocycles. The van der Waals surface area contributed by atoms with E-state index in [4.69, 9.17) is 5.73 Å². The summed E-state index contributed by atoms with van der Waals surface area (Å²) in [5.74, 6) is -0.0785. The Morgan fingerprint density at radius 2 is 2.11 bits per heavy atom. The average molecular weight is 252 g/mol. The molecule has 0 atom stereocenters. The van der Waals surface area contributed by atoms with Crippen LogP contribution < -0.4 is 11.1 Å². The zero-order chi connectivity index (χ0) is 13.5. The first-order chi connectivity index (χ1) is 8.50. The fourth-order valence-corrected chi connectivity index (χ4v) is 1.70. The highest BCUT2D eigenvalue weighted by atomic mass is 19.1. The fourth-order valence-electron chi connectivity index (χ4n) is 1.70. The summed E-state index contributed by atoms with van der Waals surface area (Å²) in [7, 11) is 0. The van der Waals surface area contributed by atoms with Crippen LogP contribution in [0.2, 0.25) is 0 Å². The van der Waals surface area contributed by atoms with E-state index < -0.39 is 5.82 Å². The maximum atomic E-state index is 13.0. The molecule has 0 saturated heterocycles. The Bertz CT molecular complexity index is 405. The molecule has 1 aromatic rings. The van der Waals surface area contributed by atoms with Crippen molar-refractivity contribution in [3.05, 3.63) is 29.6 Å². The normalized spacial score (nSPS) is 10.7. The Morgan fingerprint density at radius 1 is 1.39 bits per heavy atom. The number of nitrogen functional groups attached to an aromatic ring is 1. The number of amides is 1. The van der Waals surface area contributed by atoms with E-state index in [0.717, 1.165) is 19.3 Å². The molecule has 0 fully saturated rings. The molecule has 0 unspecified atom stereocenters. The van der Waals surface area contributed by atoms with Gasteiger partial charge in [-0.15, -0.1) is 0 Å². The van der Waals surface area contributed by atoms with Crippen LogP contribution in [0.25, 0.3) is 0 Å². The SMILES string of the molecule is CC(C)CCCCNC(=O)c1cc(F)ccc1N. The molecule has 1 rings (SSSR count). The van der Waals surface area contributed by atoms with Gasteiger partial charge in [0.1, 0.15) is 5.82 Å². The zero-order valence-corrected chi connectivity index (χ0v) is 11.0. The number of carbonyl (C=O) groups is 1. The lowest BCUT2D eigenvalue weighted by Gasteiger charge is -2.08. The summed E-state index contributed by atoms with van der Waals surface area (Å²) < 4.78 is 13.0. The molecular weight excluding hydrogens is 231 g/mol. The number of anilines is 1. The van der Waals surface area contributed by atoms with Crippen LogP contribution in [0.3, 0.4) is 0 Å². The average Bonchev–Trinajstić information content (AvgIpc) is 2.31. The molecule has 1 amide bonds. The molecule has 0 radical (unpaired) electrons. The van der Waals surface area contributed by atoms with Gasteiger partial charge in [-0.2, -0.15) is 0 Å². The third-order valence-corrected chi connectivity index (χ3v) is 2.75. The van der Waals surface area contributed by atoms with Crippen molar-refractivity contribution in [3.8, 4) is 0 Å². The van der Waals surface area contributed by atoms with Crippen LogP contribution in [0.1, 0.15) is 43.5 Å². The van der Waals surface area contributed by atoms with Crippen molar-refractivity contribution in [3.63, 3.8) is 0 Å². The van der Waals surface area contributed by atoms with Gasteiger partial charge in [0.15, 0.2) is 0 Å². The van der Waals surface area contributed by atoms with Gasteiger partial charge in [-0.1, -0.05) is 26.7 Å². The Labute approximate surface area is 108 Å². The van der Waals surface area contributed by atoms with Gasteiger partial charge in [0, 0.05) is 12.2 Å². The molecule has 0 aliphatic heterocycles. The van der Waals surface area contributed by atoms with Gasteiger partial charge in [-0.25, -0.2) is 4.39 Å². The molecule has 0 aromatic heterocycles. The largest absolute Gasteiger partial charge is 0.398 e. The van der Waals surface area contributed by atoms with E-state index in [9.17, 15) is 9.18 Å². The van der Waals surface area contributed by atoms with Crippen LogP contribution in [-0.2, 0) is 0 Å². The number of nitrogens with one attached hydrogen (secondary N) is 1. The summed E-state index contributed by atoms with van der Waals surface area (Å²) in [6.07, 6.45) is 3.16. The number of benzene rings is 1. The van der Waals surface area contributed by atoms with Crippen LogP contribution in [0.5, 0.6) is 0 Å². The first-order valence-corrected chi connectivity index (χ1v) is 6.34. The number of nitrogens with two attached hydrogens (primary N) is 1. The third-order valence-electron chi connectivity index (χ3n) is 2.75. The molecule has 3 nitrogen and oxygen atoms in total.